The number of aryl methyl sites for hydroxylation is 1. The first-order chi connectivity index (χ1) is 9.40. The lowest BCUT2D eigenvalue weighted by Gasteiger charge is -2.10. The number of hydrogen-bond donors (Lipinski definition) is 2. The lowest BCUT2D eigenvalue weighted by molar-refractivity contribution is 0.102. The number of carbonyl (C=O) groups excluding carboxylic acids is 1. The van der Waals surface area contributed by atoms with Crippen molar-refractivity contribution in [1.29, 1.82) is 0 Å². The van der Waals surface area contributed by atoms with Crippen LogP contribution in [0.5, 0.6) is 0 Å². The fourth-order valence-corrected chi connectivity index (χ4v) is 1.87. The molecular weight excluding hydrogens is 286 g/mol. The number of nitrogens with two attached hydrogens (primary N) is 1. The molecule has 0 unspecified atom stereocenters. The summed E-state index contributed by atoms with van der Waals surface area (Å²) in [4.78, 5) is 12.0. The minimum Gasteiger partial charge on any atom is -0.398 e. The second-order valence-electron chi connectivity index (χ2n) is 4.24. The van der Waals surface area contributed by atoms with Crippen LogP contribution in [0.3, 0.4) is 0 Å². The van der Waals surface area contributed by atoms with Crippen LogP contribution in [0.25, 0.3) is 0 Å². The van der Waals surface area contributed by atoms with Crippen molar-refractivity contribution in [3.05, 3.63) is 58.1 Å². The number of halogens is 3. The Labute approximate surface area is 119 Å². The van der Waals surface area contributed by atoms with Crippen LogP contribution in [0, 0.1) is 18.6 Å². The standard InChI is InChI=1S/C14H11ClF2N2O/c1-7-5-10(17)12(6-9(7)16)19-14(20)8-3-2-4-11(18)13(8)15/h2-6H,18H2,1H3,(H,19,20). The van der Waals surface area contributed by atoms with Crippen molar-refractivity contribution < 1.29 is 13.6 Å². The molecule has 1 amide bonds. The van der Waals surface area contributed by atoms with Gasteiger partial charge >= 0.3 is 0 Å². The number of nitrogens with one attached hydrogen (secondary N) is 1. The van der Waals surface area contributed by atoms with Crippen LogP contribution in [0.4, 0.5) is 20.2 Å². The summed E-state index contributed by atoms with van der Waals surface area (Å²) in [5, 5.41) is 2.34. The number of amides is 1. The molecule has 0 saturated carbocycles. The predicted octanol–water partition coefficient (Wildman–Crippen LogP) is 3.76. The van der Waals surface area contributed by atoms with Crippen LogP contribution < -0.4 is 11.1 Å². The van der Waals surface area contributed by atoms with Crippen molar-refractivity contribution in [2.24, 2.45) is 0 Å². The van der Waals surface area contributed by atoms with E-state index < -0.39 is 17.5 Å². The molecule has 2 aromatic rings. The summed E-state index contributed by atoms with van der Waals surface area (Å²) in [5.41, 5.74) is 5.80. The zero-order valence-corrected chi connectivity index (χ0v) is 11.3. The van der Waals surface area contributed by atoms with E-state index in [2.05, 4.69) is 5.32 Å². The topological polar surface area (TPSA) is 55.1 Å². The monoisotopic (exact) mass is 296 g/mol. The highest BCUT2D eigenvalue weighted by molar-refractivity contribution is 6.36. The third kappa shape index (κ3) is 2.72. The minimum absolute atomic E-state index is 0.0676. The molecule has 0 heterocycles. The van der Waals surface area contributed by atoms with Crippen LogP contribution in [-0.4, -0.2) is 5.91 Å². The Balaban J connectivity index is 2.33. The van der Waals surface area contributed by atoms with Crippen molar-refractivity contribution in [3.8, 4) is 0 Å². The second-order valence-corrected chi connectivity index (χ2v) is 4.62. The lowest BCUT2D eigenvalue weighted by atomic mass is 10.1. The van der Waals surface area contributed by atoms with Gasteiger partial charge in [0.05, 0.1) is 22.0 Å². The minimum atomic E-state index is -0.725. The van der Waals surface area contributed by atoms with E-state index in [-0.39, 0.29) is 27.5 Å². The third-order valence-corrected chi connectivity index (χ3v) is 3.19. The van der Waals surface area contributed by atoms with Gasteiger partial charge in [-0.1, -0.05) is 17.7 Å². The number of hydrogen-bond acceptors (Lipinski definition) is 2. The van der Waals surface area contributed by atoms with Gasteiger partial charge in [0, 0.05) is 6.07 Å². The Kier molecular flexibility index (Phi) is 3.90. The molecule has 0 aliphatic heterocycles. The van der Waals surface area contributed by atoms with Gasteiger partial charge in [0.15, 0.2) is 0 Å². The van der Waals surface area contributed by atoms with Gasteiger partial charge in [0.25, 0.3) is 5.91 Å². The van der Waals surface area contributed by atoms with Gasteiger partial charge in [0.1, 0.15) is 11.6 Å². The normalized spacial score (nSPS) is 10.4. The van der Waals surface area contributed by atoms with Crippen molar-refractivity contribution in [1.82, 2.24) is 0 Å². The molecule has 0 aliphatic carbocycles. The van der Waals surface area contributed by atoms with E-state index in [1.807, 2.05) is 0 Å². The molecule has 0 spiro atoms. The Bertz CT molecular complexity index is 689. The van der Waals surface area contributed by atoms with Crippen molar-refractivity contribution in [2.75, 3.05) is 11.1 Å². The van der Waals surface area contributed by atoms with Crippen LogP contribution in [0.15, 0.2) is 30.3 Å². The summed E-state index contributed by atoms with van der Waals surface area (Å²) < 4.78 is 27.0. The molecule has 20 heavy (non-hydrogen) atoms. The van der Waals surface area contributed by atoms with Crippen molar-refractivity contribution in [3.63, 3.8) is 0 Å². The van der Waals surface area contributed by atoms with Gasteiger partial charge in [-0.15, -0.1) is 0 Å². The summed E-state index contributed by atoms with van der Waals surface area (Å²) >= 11 is 5.90. The summed E-state index contributed by atoms with van der Waals surface area (Å²) in [6.07, 6.45) is 0. The first-order valence-corrected chi connectivity index (χ1v) is 6.09. The van der Waals surface area contributed by atoms with E-state index in [0.717, 1.165) is 12.1 Å². The quantitative estimate of drug-likeness (QED) is 0.829. The Hall–Kier alpha value is -2.14. The summed E-state index contributed by atoms with van der Waals surface area (Å²) in [6.45, 7) is 1.43. The number of anilines is 2. The number of benzene rings is 2. The molecular formula is C14H11ClF2N2O. The number of carbonyl (C=O) groups is 1. The highest BCUT2D eigenvalue weighted by atomic mass is 35.5. The first kappa shape index (κ1) is 14.3. The molecule has 0 atom stereocenters. The van der Waals surface area contributed by atoms with Crippen LogP contribution in [0.1, 0.15) is 15.9 Å². The van der Waals surface area contributed by atoms with Gasteiger partial charge in [-0.2, -0.15) is 0 Å². The summed E-state index contributed by atoms with van der Waals surface area (Å²) in [7, 11) is 0. The summed E-state index contributed by atoms with van der Waals surface area (Å²) in [6, 6.07) is 6.44. The second kappa shape index (κ2) is 5.46. The van der Waals surface area contributed by atoms with E-state index in [1.165, 1.54) is 19.1 Å². The highest BCUT2D eigenvalue weighted by Gasteiger charge is 2.15. The fraction of sp³-hybridized carbons (Fsp3) is 0.0714. The average Bonchev–Trinajstić information content (AvgIpc) is 2.39. The fourth-order valence-electron chi connectivity index (χ4n) is 1.66. The van der Waals surface area contributed by atoms with Gasteiger partial charge < -0.3 is 11.1 Å². The van der Waals surface area contributed by atoms with Crippen LogP contribution >= 0.6 is 11.6 Å². The molecule has 104 valence electrons. The molecule has 3 nitrogen and oxygen atoms in total. The molecule has 0 fully saturated rings. The third-order valence-electron chi connectivity index (χ3n) is 2.77. The van der Waals surface area contributed by atoms with E-state index in [0.29, 0.717) is 0 Å². The smallest absolute Gasteiger partial charge is 0.257 e. The largest absolute Gasteiger partial charge is 0.398 e. The SMILES string of the molecule is Cc1cc(F)c(NC(=O)c2cccc(N)c2Cl)cc1F. The molecule has 0 bridgehead atoms. The summed E-state index contributed by atoms with van der Waals surface area (Å²) in [5.74, 6) is -2.00. The van der Waals surface area contributed by atoms with E-state index in [4.69, 9.17) is 17.3 Å². The van der Waals surface area contributed by atoms with E-state index in [1.54, 1.807) is 6.07 Å². The molecule has 3 N–H and O–H groups in total. The van der Waals surface area contributed by atoms with E-state index in [9.17, 15) is 13.6 Å². The maximum absolute atomic E-state index is 13.6. The predicted molar refractivity (Wildman–Crippen MR) is 74.9 cm³/mol. The number of rotatable bonds is 2. The molecule has 0 aromatic heterocycles. The highest BCUT2D eigenvalue weighted by Crippen LogP contribution is 2.25. The van der Waals surface area contributed by atoms with Gasteiger partial charge in [-0.25, -0.2) is 8.78 Å². The van der Waals surface area contributed by atoms with Crippen molar-refractivity contribution >= 4 is 28.9 Å². The van der Waals surface area contributed by atoms with Gasteiger partial charge in [-0.3, -0.25) is 4.79 Å². The zero-order chi connectivity index (χ0) is 14.9. The molecule has 2 rings (SSSR count). The Morgan fingerprint density at radius 2 is 1.95 bits per heavy atom. The maximum Gasteiger partial charge on any atom is 0.257 e. The molecule has 2 aromatic carbocycles. The van der Waals surface area contributed by atoms with Crippen LogP contribution in [-0.2, 0) is 0 Å². The van der Waals surface area contributed by atoms with Crippen LogP contribution in [0.2, 0.25) is 5.02 Å². The van der Waals surface area contributed by atoms with Gasteiger partial charge in [0.2, 0.25) is 0 Å². The molecule has 0 radical (unpaired) electrons. The maximum atomic E-state index is 13.6. The molecule has 0 saturated heterocycles. The van der Waals surface area contributed by atoms with Crippen molar-refractivity contribution in [2.45, 2.75) is 6.92 Å². The van der Waals surface area contributed by atoms with E-state index >= 15 is 0 Å². The lowest BCUT2D eigenvalue weighted by Crippen LogP contribution is -2.14. The Morgan fingerprint density at radius 3 is 2.65 bits per heavy atom. The average molecular weight is 297 g/mol. The zero-order valence-electron chi connectivity index (χ0n) is 10.5. The Morgan fingerprint density at radius 1 is 1.25 bits per heavy atom. The first-order valence-electron chi connectivity index (χ1n) is 5.71. The number of nitrogen functional groups attached to an aromatic ring is 1. The molecule has 0 aliphatic rings. The molecule has 6 heteroatoms. The van der Waals surface area contributed by atoms with Gasteiger partial charge in [-0.05, 0) is 30.7 Å².